The van der Waals surface area contributed by atoms with Crippen LogP contribution in [0.25, 0.3) is 0 Å². The minimum atomic E-state index is -0.803. The maximum Gasteiger partial charge on any atom is 0.352 e. The van der Waals surface area contributed by atoms with Crippen molar-refractivity contribution in [2.75, 3.05) is 13.2 Å². The van der Waals surface area contributed by atoms with E-state index in [1.54, 1.807) is 24.3 Å². The van der Waals surface area contributed by atoms with Gasteiger partial charge in [-0.15, -0.1) is 0 Å². The number of esters is 1. The van der Waals surface area contributed by atoms with Crippen molar-refractivity contribution in [2.45, 2.75) is 6.10 Å². The molecular weight excluding hydrogens is 210 g/mol. The van der Waals surface area contributed by atoms with Crippen LogP contribution in [0.2, 0.25) is 0 Å². The predicted molar refractivity (Wildman–Crippen MR) is 52.9 cm³/mol. The molecule has 1 aromatic rings. The van der Waals surface area contributed by atoms with E-state index >= 15 is 0 Å². The fraction of sp³-hybridized carbons (Fsp3) is 0.273. The SMILES string of the molecule is N#CCOC(=O)[C@@H]1COc2ccccc2O1. The summed E-state index contributed by atoms with van der Waals surface area (Å²) in [6.45, 7) is -0.179. The molecule has 0 spiro atoms. The van der Waals surface area contributed by atoms with Crippen LogP contribution in [0.5, 0.6) is 11.5 Å². The average Bonchev–Trinajstić information content (AvgIpc) is 2.35. The third-order valence-corrected chi connectivity index (χ3v) is 2.05. The van der Waals surface area contributed by atoms with Crippen molar-refractivity contribution in [1.82, 2.24) is 0 Å². The summed E-state index contributed by atoms with van der Waals surface area (Å²) >= 11 is 0. The largest absolute Gasteiger partial charge is 0.485 e. The minimum Gasteiger partial charge on any atom is -0.485 e. The van der Waals surface area contributed by atoms with Gasteiger partial charge in [0.2, 0.25) is 6.10 Å². The van der Waals surface area contributed by atoms with Crippen molar-refractivity contribution in [3.63, 3.8) is 0 Å². The normalized spacial score (nSPS) is 17.3. The summed E-state index contributed by atoms with van der Waals surface area (Å²) in [5.41, 5.74) is 0. The Morgan fingerprint density at radius 1 is 1.50 bits per heavy atom. The van der Waals surface area contributed by atoms with Crippen LogP contribution in [0.15, 0.2) is 24.3 Å². The fourth-order valence-corrected chi connectivity index (χ4v) is 1.33. The van der Waals surface area contributed by atoms with E-state index in [2.05, 4.69) is 4.74 Å². The van der Waals surface area contributed by atoms with E-state index in [-0.39, 0.29) is 13.2 Å². The lowest BCUT2D eigenvalue weighted by molar-refractivity contribution is -0.153. The summed E-state index contributed by atoms with van der Waals surface area (Å²) in [5, 5.41) is 8.27. The highest BCUT2D eigenvalue weighted by atomic mass is 16.6. The van der Waals surface area contributed by atoms with Crippen LogP contribution in [0, 0.1) is 11.3 Å². The Bertz CT molecular complexity index is 438. The van der Waals surface area contributed by atoms with E-state index in [0.29, 0.717) is 11.5 Å². The van der Waals surface area contributed by atoms with Gasteiger partial charge in [0.1, 0.15) is 12.7 Å². The summed E-state index contributed by atoms with van der Waals surface area (Å²) < 4.78 is 15.4. The number of nitrogens with zero attached hydrogens (tertiary/aromatic N) is 1. The number of hydrogen-bond donors (Lipinski definition) is 0. The third kappa shape index (κ3) is 2.06. The number of fused-ring (bicyclic) bond motifs is 1. The quantitative estimate of drug-likeness (QED) is 0.691. The molecular formula is C11H9NO4. The number of hydrogen-bond acceptors (Lipinski definition) is 5. The standard InChI is InChI=1S/C11H9NO4/c12-5-6-14-11(13)10-7-15-8-3-1-2-4-9(8)16-10/h1-4,10H,6-7H2/t10-/m0/s1. The molecule has 0 fully saturated rings. The Labute approximate surface area is 92.1 Å². The molecule has 0 aliphatic carbocycles. The molecule has 1 aliphatic rings. The van der Waals surface area contributed by atoms with Crippen LogP contribution in [0.3, 0.4) is 0 Å². The van der Waals surface area contributed by atoms with Gasteiger partial charge >= 0.3 is 5.97 Å². The van der Waals surface area contributed by atoms with E-state index in [0.717, 1.165) is 0 Å². The van der Waals surface area contributed by atoms with Crippen molar-refractivity contribution in [3.8, 4) is 17.6 Å². The van der Waals surface area contributed by atoms with Crippen LogP contribution >= 0.6 is 0 Å². The molecule has 2 rings (SSSR count). The van der Waals surface area contributed by atoms with E-state index in [4.69, 9.17) is 14.7 Å². The molecule has 1 atom stereocenters. The first-order chi connectivity index (χ1) is 7.81. The van der Waals surface area contributed by atoms with Crippen molar-refractivity contribution in [1.29, 1.82) is 5.26 Å². The molecule has 0 bridgehead atoms. The average molecular weight is 219 g/mol. The Morgan fingerprint density at radius 3 is 3.00 bits per heavy atom. The van der Waals surface area contributed by atoms with E-state index in [9.17, 15) is 4.79 Å². The molecule has 5 nitrogen and oxygen atoms in total. The summed E-state index contributed by atoms with van der Waals surface area (Å²) in [6, 6.07) is 8.78. The Hall–Kier alpha value is -2.22. The molecule has 1 aromatic carbocycles. The Morgan fingerprint density at radius 2 is 2.25 bits per heavy atom. The van der Waals surface area contributed by atoms with Gasteiger partial charge in [0.05, 0.1) is 0 Å². The first-order valence-corrected chi connectivity index (χ1v) is 4.73. The van der Waals surface area contributed by atoms with Crippen LogP contribution in [-0.2, 0) is 9.53 Å². The van der Waals surface area contributed by atoms with E-state index in [1.807, 2.05) is 6.07 Å². The van der Waals surface area contributed by atoms with Gasteiger partial charge in [-0.2, -0.15) is 5.26 Å². The summed E-state index contributed by atoms with van der Waals surface area (Å²) in [5.74, 6) is 0.524. The number of rotatable bonds is 2. The highest BCUT2D eigenvalue weighted by Gasteiger charge is 2.28. The first kappa shape index (κ1) is 10.3. The molecule has 0 N–H and O–H groups in total. The minimum absolute atomic E-state index is 0.0985. The van der Waals surface area contributed by atoms with Crippen LogP contribution < -0.4 is 9.47 Å². The van der Waals surface area contributed by atoms with E-state index in [1.165, 1.54) is 0 Å². The van der Waals surface area contributed by atoms with Gasteiger partial charge in [-0.05, 0) is 12.1 Å². The zero-order chi connectivity index (χ0) is 11.4. The molecule has 5 heteroatoms. The summed E-state index contributed by atoms with van der Waals surface area (Å²) in [7, 11) is 0. The molecule has 0 amide bonds. The van der Waals surface area contributed by atoms with Crippen LogP contribution in [0.4, 0.5) is 0 Å². The summed E-state index contributed by atoms with van der Waals surface area (Å²) in [6.07, 6.45) is -0.803. The second kappa shape index (κ2) is 4.53. The second-order valence-corrected chi connectivity index (χ2v) is 3.13. The lowest BCUT2D eigenvalue weighted by atomic mass is 10.2. The lowest BCUT2D eigenvalue weighted by Crippen LogP contribution is -2.37. The van der Waals surface area contributed by atoms with Gasteiger partial charge in [-0.1, -0.05) is 12.1 Å². The monoisotopic (exact) mass is 219 g/mol. The number of ether oxygens (including phenoxy) is 3. The predicted octanol–water partition coefficient (Wildman–Crippen LogP) is 0.893. The highest BCUT2D eigenvalue weighted by Crippen LogP contribution is 2.30. The second-order valence-electron chi connectivity index (χ2n) is 3.13. The van der Waals surface area contributed by atoms with Gasteiger partial charge in [-0.3, -0.25) is 0 Å². The molecule has 0 saturated carbocycles. The van der Waals surface area contributed by atoms with Crippen molar-refractivity contribution in [3.05, 3.63) is 24.3 Å². The number of carbonyl (C=O) groups is 1. The van der Waals surface area contributed by atoms with Gasteiger partial charge < -0.3 is 14.2 Å². The molecule has 0 saturated heterocycles. The highest BCUT2D eigenvalue weighted by molar-refractivity contribution is 5.76. The van der Waals surface area contributed by atoms with Gasteiger partial charge in [-0.25, -0.2) is 4.79 Å². The molecule has 1 heterocycles. The maximum atomic E-state index is 11.4. The van der Waals surface area contributed by atoms with Crippen LogP contribution in [-0.4, -0.2) is 25.3 Å². The number of benzene rings is 1. The van der Waals surface area contributed by atoms with Crippen LogP contribution in [0.1, 0.15) is 0 Å². The number of para-hydroxylation sites is 2. The summed E-state index contributed by atoms with van der Waals surface area (Å²) in [4.78, 5) is 11.4. The molecule has 1 aliphatic heterocycles. The molecule has 0 radical (unpaired) electrons. The van der Waals surface area contributed by atoms with Crippen molar-refractivity contribution in [2.24, 2.45) is 0 Å². The van der Waals surface area contributed by atoms with Crippen molar-refractivity contribution >= 4 is 5.97 Å². The lowest BCUT2D eigenvalue weighted by Gasteiger charge is -2.24. The Kier molecular flexibility index (Phi) is 2.92. The zero-order valence-electron chi connectivity index (χ0n) is 8.38. The Balaban J connectivity index is 2.03. The molecule has 0 aromatic heterocycles. The smallest absolute Gasteiger partial charge is 0.352 e. The fourth-order valence-electron chi connectivity index (χ4n) is 1.33. The maximum absolute atomic E-state index is 11.4. The van der Waals surface area contributed by atoms with Crippen molar-refractivity contribution < 1.29 is 19.0 Å². The number of nitriles is 1. The molecule has 16 heavy (non-hydrogen) atoms. The molecule has 82 valence electrons. The topological polar surface area (TPSA) is 68.5 Å². The van der Waals surface area contributed by atoms with E-state index < -0.39 is 12.1 Å². The molecule has 0 unspecified atom stereocenters. The zero-order valence-corrected chi connectivity index (χ0v) is 8.38. The van der Waals surface area contributed by atoms with Gasteiger partial charge in [0, 0.05) is 0 Å². The van der Waals surface area contributed by atoms with Gasteiger partial charge in [0.15, 0.2) is 18.1 Å². The van der Waals surface area contributed by atoms with Gasteiger partial charge in [0.25, 0.3) is 0 Å². The first-order valence-electron chi connectivity index (χ1n) is 4.73. The third-order valence-electron chi connectivity index (χ3n) is 2.05. The number of carbonyl (C=O) groups excluding carboxylic acids is 1.